The molecule has 2 aromatic carbocycles. The molecule has 0 unspecified atom stereocenters. The second-order valence-corrected chi connectivity index (χ2v) is 7.84. The highest BCUT2D eigenvalue weighted by atomic mass is 79.9. The van der Waals surface area contributed by atoms with Crippen LogP contribution in [0.5, 0.6) is 5.75 Å². The monoisotopic (exact) mass is 455 g/mol. The Hall–Kier alpha value is -2.51. The summed E-state index contributed by atoms with van der Waals surface area (Å²) in [4.78, 5) is 0. The van der Waals surface area contributed by atoms with Crippen molar-refractivity contribution in [3.8, 4) is 17.3 Å². The van der Waals surface area contributed by atoms with Gasteiger partial charge >= 0.3 is 0 Å². The van der Waals surface area contributed by atoms with Crippen molar-refractivity contribution in [2.45, 2.75) is 17.5 Å². The quantitative estimate of drug-likeness (QED) is 0.337. The molecule has 0 spiro atoms. The first-order chi connectivity index (χ1) is 13.7. The van der Waals surface area contributed by atoms with Gasteiger partial charge in [-0.1, -0.05) is 54.2 Å². The number of hydrogen-bond donors (Lipinski definition) is 0. The van der Waals surface area contributed by atoms with E-state index in [1.807, 2.05) is 42.5 Å². The summed E-state index contributed by atoms with van der Waals surface area (Å²) < 4.78 is 13.7. The average Bonchev–Trinajstić information content (AvgIpc) is 3.33. The molecular weight excluding hydrogens is 438 g/mol. The van der Waals surface area contributed by atoms with Crippen LogP contribution in [0.15, 0.2) is 81.0 Å². The number of furan rings is 1. The van der Waals surface area contributed by atoms with Crippen molar-refractivity contribution in [3.05, 3.63) is 82.5 Å². The first-order valence-electron chi connectivity index (χ1n) is 8.71. The van der Waals surface area contributed by atoms with Gasteiger partial charge in [-0.15, -0.1) is 10.2 Å². The Bertz CT molecular complexity index is 1050. The molecule has 0 fully saturated rings. The van der Waals surface area contributed by atoms with Gasteiger partial charge < -0.3 is 9.15 Å². The van der Waals surface area contributed by atoms with E-state index < -0.39 is 0 Å². The zero-order chi connectivity index (χ0) is 19.3. The highest BCUT2D eigenvalue weighted by Gasteiger charge is 2.17. The summed E-state index contributed by atoms with van der Waals surface area (Å²) in [7, 11) is 1.67. The maximum Gasteiger partial charge on any atom is 0.200 e. The largest absolute Gasteiger partial charge is 0.497 e. The van der Waals surface area contributed by atoms with Crippen molar-refractivity contribution in [3.63, 3.8) is 0 Å². The normalized spacial score (nSPS) is 10.9. The van der Waals surface area contributed by atoms with E-state index in [2.05, 4.69) is 55.0 Å². The minimum absolute atomic E-state index is 0.671. The Morgan fingerprint density at radius 3 is 2.43 bits per heavy atom. The van der Waals surface area contributed by atoms with Crippen molar-refractivity contribution in [2.75, 3.05) is 7.11 Å². The Labute approximate surface area is 175 Å². The van der Waals surface area contributed by atoms with Gasteiger partial charge in [-0.25, -0.2) is 0 Å². The predicted octanol–water partition coefficient (Wildman–Crippen LogP) is 5.65. The Morgan fingerprint density at radius 2 is 1.75 bits per heavy atom. The molecule has 2 heterocycles. The van der Waals surface area contributed by atoms with E-state index >= 15 is 0 Å². The summed E-state index contributed by atoms with van der Waals surface area (Å²) in [5.41, 5.74) is 2.38. The summed E-state index contributed by atoms with van der Waals surface area (Å²) >= 11 is 5.01. The number of benzene rings is 2. The van der Waals surface area contributed by atoms with Gasteiger partial charge in [0.05, 0.1) is 13.7 Å². The molecule has 0 aliphatic carbocycles. The van der Waals surface area contributed by atoms with Crippen LogP contribution in [-0.2, 0) is 12.3 Å². The Balaban J connectivity index is 1.61. The summed E-state index contributed by atoms with van der Waals surface area (Å²) in [5, 5.41) is 9.67. The lowest BCUT2D eigenvalue weighted by atomic mass is 10.2. The summed E-state index contributed by atoms with van der Waals surface area (Å²) in [5.74, 6) is 3.05. The number of aromatic nitrogens is 3. The molecule has 0 radical (unpaired) electrons. The standard InChI is InChI=1S/C21H18BrN3O2S/c1-26-17-9-7-16(8-10-17)14-28-21-24-23-20(18-11-12-19(22)27-18)25(21)13-15-5-3-2-4-6-15/h2-12H,13-14H2,1H3. The fourth-order valence-electron chi connectivity index (χ4n) is 2.79. The number of hydrogen-bond acceptors (Lipinski definition) is 5. The summed E-state index contributed by atoms with van der Waals surface area (Å²) in [6.45, 7) is 0.673. The molecule has 0 amide bonds. The zero-order valence-electron chi connectivity index (χ0n) is 15.2. The van der Waals surface area contributed by atoms with Crippen molar-refractivity contribution in [2.24, 2.45) is 0 Å². The van der Waals surface area contributed by atoms with Gasteiger partial charge in [0.1, 0.15) is 5.75 Å². The molecule has 4 rings (SSSR count). The molecule has 2 aromatic heterocycles. The first kappa shape index (κ1) is 18.8. The fraction of sp³-hybridized carbons (Fsp3) is 0.143. The SMILES string of the molecule is COc1ccc(CSc2nnc(-c3ccc(Br)o3)n2Cc2ccccc2)cc1. The van der Waals surface area contributed by atoms with Gasteiger partial charge in [0.15, 0.2) is 15.6 Å². The van der Waals surface area contributed by atoms with Gasteiger partial charge in [0.25, 0.3) is 0 Å². The van der Waals surface area contributed by atoms with Crippen molar-refractivity contribution >= 4 is 27.7 Å². The van der Waals surface area contributed by atoms with Crippen LogP contribution in [0, 0.1) is 0 Å². The molecule has 7 heteroatoms. The Kier molecular flexibility index (Phi) is 5.83. The highest BCUT2D eigenvalue weighted by molar-refractivity contribution is 9.10. The lowest BCUT2D eigenvalue weighted by Gasteiger charge is -2.09. The smallest absolute Gasteiger partial charge is 0.200 e. The minimum atomic E-state index is 0.671. The molecule has 28 heavy (non-hydrogen) atoms. The molecule has 0 N–H and O–H groups in total. The van der Waals surface area contributed by atoms with Gasteiger partial charge in [-0.2, -0.15) is 0 Å². The predicted molar refractivity (Wildman–Crippen MR) is 114 cm³/mol. The highest BCUT2D eigenvalue weighted by Crippen LogP contribution is 2.29. The molecule has 0 saturated carbocycles. The molecule has 0 aliphatic rings. The topological polar surface area (TPSA) is 53.1 Å². The van der Waals surface area contributed by atoms with Crippen molar-refractivity contribution < 1.29 is 9.15 Å². The van der Waals surface area contributed by atoms with Crippen LogP contribution >= 0.6 is 27.7 Å². The van der Waals surface area contributed by atoms with E-state index in [0.717, 1.165) is 16.7 Å². The van der Waals surface area contributed by atoms with E-state index in [1.165, 1.54) is 11.1 Å². The molecule has 5 nitrogen and oxygen atoms in total. The summed E-state index contributed by atoms with van der Waals surface area (Å²) in [6.07, 6.45) is 0. The number of thioether (sulfide) groups is 1. The van der Waals surface area contributed by atoms with E-state index in [0.29, 0.717) is 22.8 Å². The second-order valence-electron chi connectivity index (χ2n) is 6.12. The van der Waals surface area contributed by atoms with E-state index in [4.69, 9.17) is 9.15 Å². The maximum absolute atomic E-state index is 5.72. The van der Waals surface area contributed by atoms with Crippen LogP contribution in [-0.4, -0.2) is 21.9 Å². The second kappa shape index (κ2) is 8.67. The van der Waals surface area contributed by atoms with Crippen LogP contribution in [0.25, 0.3) is 11.6 Å². The third kappa shape index (κ3) is 4.31. The molecule has 0 bridgehead atoms. The lowest BCUT2D eigenvalue weighted by Crippen LogP contribution is -2.03. The molecule has 142 valence electrons. The summed E-state index contributed by atoms with van der Waals surface area (Å²) in [6, 6.07) is 22.1. The maximum atomic E-state index is 5.72. The Morgan fingerprint density at radius 1 is 0.964 bits per heavy atom. The molecule has 0 saturated heterocycles. The number of rotatable bonds is 7. The van der Waals surface area contributed by atoms with E-state index in [1.54, 1.807) is 18.9 Å². The van der Waals surface area contributed by atoms with Crippen molar-refractivity contribution in [1.29, 1.82) is 0 Å². The molecule has 0 atom stereocenters. The van der Waals surface area contributed by atoms with Gasteiger partial charge in [-0.05, 0) is 51.3 Å². The number of nitrogens with zero attached hydrogens (tertiary/aromatic N) is 3. The fourth-order valence-corrected chi connectivity index (χ4v) is 3.99. The van der Waals surface area contributed by atoms with Crippen LogP contribution in [0.3, 0.4) is 0 Å². The number of ether oxygens (including phenoxy) is 1. The number of methoxy groups -OCH3 is 1. The van der Waals surface area contributed by atoms with Gasteiger partial charge in [0.2, 0.25) is 5.82 Å². The number of halogens is 1. The average molecular weight is 456 g/mol. The third-order valence-corrected chi connectivity index (χ3v) is 5.69. The van der Waals surface area contributed by atoms with Gasteiger partial charge in [0, 0.05) is 5.75 Å². The van der Waals surface area contributed by atoms with Crippen LogP contribution in [0.2, 0.25) is 0 Å². The van der Waals surface area contributed by atoms with E-state index in [-0.39, 0.29) is 0 Å². The van der Waals surface area contributed by atoms with Crippen LogP contribution < -0.4 is 4.74 Å². The molecule has 4 aromatic rings. The minimum Gasteiger partial charge on any atom is -0.497 e. The molecular formula is C21H18BrN3O2S. The van der Waals surface area contributed by atoms with Crippen molar-refractivity contribution in [1.82, 2.24) is 14.8 Å². The van der Waals surface area contributed by atoms with Crippen LogP contribution in [0.4, 0.5) is 0 Å². The van der Waals surface area contributed by atoms with E-state index in [9.17, 15) is 0 Å². The molecule has 0 aliphatic heterocycles. The first-order valence-corrected chi connectivity index (χ1v) is 10.5. The lowest BCUT2D eigenvalue weighted by molar-refractivity contribution is 0.414. The van der Waals surface area contributed by atoms with Crippen LogP contribution in [0.1, 0.15) is 11.1 Å². The zero-order valence-corrected chi connectivity index (χ0v) is 17.6. The van der Waals surface area contributed by atoms with Gasteiger partial charge in [-0.3, -0.25) is 4.57 Å². The third-order valence-electron chi connectivity index (χ3n) is 4.22.